The van der Waals surface area contributed by atoms with E-state index < -0.39 is 5.97 Å². The Morgan fingerprint density at radius 3 is 2.88 bits per heavy atom. The molecule has 0 saturated carbocycles. The van der Waals surface area contributed by atoms with Crippen LogP contribution < -0.4 is 5.73 Å². The van der Waals surface area contributed by atoms with Crippen LogP contribution in [0.15, 0.2) is 43.0 Å². The number of nitrogen functional groups attached to an aromatic ring is 1. The van der Waals surface area contributed by atoms with E-state index in [1.807, 2.05) is 24.3 Å². The summed E-state index contributed by atoms with van der Waals surface area (Å²) in [5, 5.41) is 9.74. The number of nitrogens with zero attached hydrogens (tertiary/aromatic N) is 5. The molecule has 4 heterocycles. The molecule has 4 aromatic rings. The number of anilines is 1. The van der Waals surface area contributed by atoms with Crippen molar-refractivity contribution in [2.45, 2.75) is 6.54 Å². The first-order chi connectivity index (χ1) is 11.6. The van der Waals surface area contributed by atoms with Gasteiger partial charge in [-0.2, -0.15) is 0 Å². The second-order valence-corrected chi connectivity index (χ2v) is 5.24. The maximum atomic E-state index is 11.2. The Labute approximate surface area is 135 Å². The van der Waals surface area contributed by atoms with E-state index in [0.717, 1.165) is 5.56 Å². The van der Waals surface area contributed by atoms with Crippen molar-refractivity contribution in [1.82, 2.24) is 24.5 Å². The van der Waals surface area contributed by atoms with Crippen molar-refractivity contribution in [3.05, 3.63) is 43.0 Å². The minimum Gasteiger partial charge on any atom is -0.480 e. The maximum Gasteiger partial charge on any atom is 0.323 e. The van der Waals surface area contributed by atoms with Gasteiger partial charge in [0.25, 0.3) is 0 Å². The quantitative estimate of drug-likeness (QED) is 0.589. The van der Waals surface area contributed by atoms with E-state index >= 15 is 0 Å². The van der Waals surface area contributed by atoms with Crippen molar-refractivity contribution in [1.29, 1.82) is 0 Å². The van der Waals surface area contributed by atoms with E-state index in [4.69, 9.17) is 5.73 Å². The summed E-state index contributed by atoms with van der Waals surface area (Å²) in [6.07, 6.45) is 4.72. The average Bonchev–Trinajstić information content (AvgIpc) is 2.90. The predicted octanol–water partition coefficient (Wildman–Crippen LogP) is 1.71. The molecule has 0 aliphatic heterocycles. The summed E-state index contributed by atoms with van der Waals surface area (Å²) in [4.78, 5) is 28.1. The molecule has 118 valence electrons. The lowest BCUT2D eigenvalue weighted by atomic mass is 10.2. The zero-order valence-corrected chi connectivity index (χ0v) is 12.4. The molecule has 4 rings (SSSR count). The minimum absolute atomic E-state index is 0.232. The number of hydrogen-bond donors (Lipinski definition) is 2. The average molecular weight is 320 g/mol. The molecular weight excluding hydrogens is 308 g/mol. The van der Waals surface area contributed by atoms with Gasteiger partial charge in [-0.15, -0.1) is 0 Å². The number of nitrogens with two attached hydrogens (primary N) is 1. The van der Waals surface area contributed by atoms with Gasteiger partial charge in [0, 0.05) is 18.0 Å². The number of pyridine rings is 2. The molecule has 0 fully saturated rings. The summed E-state index contributed by atoms with van der Waals surface area (Å²) in [6, 6.07) is 7.36. The smallest absolute Gasteiger partial charge is 0.323 e. The van der Waals surface area contributed by atoms with E-state index in [0.29, 0.717) is 27.8 Å². The Morgan fingerprint density at radius 2 is 2.12 bits per heavy atom. The third-order valence-electron chi connectivity index (χ3n) is 3.76. The standard InChI is InChI=1S/C16H12N6O2/c17-15-13-14-11(22(7-12(23)24)16(13)20-8-19-15)4-3-10(21-14)9-2-1-5-18-6-9/h1-6,8H,7H2,(H,23,24)(H2,17,19,20). The van der Waals surface area contributed by atoms with Gasteiger partial charge in [-0.05, 0) is 24.3 Å². The summed E-state index contributed by atoms with van der Waals surface area (Å²) >= 11 is 0. The van der Waals surface area contributed by atoms with Crippen molar-refractivity contribution in [3.63, 3.8) is 0 Å². The monoisotopic (exact) mass is 320 g/mol. The summed E-state index contributed by atoms with van der Waals surface area (Å²) in [5.74, 6) is -0.702. The Morgan fingerprint density at radius 1 is 1.25 bits per heavy atom. The molecule has 0 aromatic carbocycles. The van der Waals surface area contributed by atoms with Gasteiger partial charge in [0.1, 0.15) is 29.9 Å². The molecule has 0 radical (unpaired) electrons. The highest BCUT2D eigenvalue weighted by Gasteiger charge is 2.18. The molecule has 0 bridgehead atoms. The van der Waals surface area contributed by atoms with Crippen LogP contribution in [-0.4, -0.2) is 35.6 Å². The Kier molecular flexibility index (Phi) is 3.09. The van der Waals surface area contributed by atoms with E-state index in [2.05, 4.69) is 19.9 Å². The zero-order valence-electron chi connectivity index (χ0n) is 12.4. The van der Waals surface area contributed by atoms with Gasteiger partial charge >= 0.3 is 5.97 Å². The molecular formula is C16H12N6O2. The van der Waals surface area contributed by atoms with Crippen LogP contribution in [0, 0.1) is 0 Å². The summed E-state index contributed by atoms with van der Waals surface area (Å²) in [7, 11) is 0. The number of carboxylic acids is 1. The lowest BCUT2D eigenvalue weighted by Gasteiger charge is -2.03. The van der Waals surface area contributed by atoms with Crippen LogP contribution in [0.2, 0.25) is 0 Å². The van der Waals surface area contributed by atoms with Crippen molar-refractivity contribution in [2.24, 2.45) is 0 Å². The van der Waals surface area contributed by atoms with Crippen LogP contribution in [0.1, 0.15) is 0 Å². The number of rotatable bonds is 3. The Balaban J connectivity index is 2.06. The van der Waals surface area contributed by atoms with Gasteiger partial charge in [-0.25, -0.2) is 15.0 Å². The summed E-state index contributed by atoms with van der Waals surface area (Å²) in [6.45, 7) is -0.232. The molecule has 0 unspecified atom stereocenters. The van der Waals surface area contributed by atoms with Crippen LogP contribution in [0.4, 0.5) is 5.82 Å². The number of hydrogen-bond acceptors (Lipinski definition) is 6. The van der Waals surface area contributed by atoms with Crippen LogP contribution in [0.5, 0.6) is 0 Å². The first kappa shape index (κ1) is 14.1. The number of aliphatic carboxylic acids is 1. The zero-order chi connectivity index (χ0) is 16.7. The largest absolute Gasteiger partial charge is 0.480 e. The van der Waals surface area contributed by atoms with Gasteiger partial charge in [-0.1, -0.05) is 0 Å². The van der Waals surface area contributed by atoms with Crippen LogP contribution >= 0.6 is 0 Å². The van der Waals surface area contributed by atoms with Gasteiger partial charge in [0.2, 0.25) is 0 Å². The lowest BCUT2D eigenvalue weighted by Crippen LogP contribution is -2.09. The Hall–Kier alpha value is -3.55. The molecule has 0 spiro atoms. The molecule has 24 heavy (non-hydrogen) atoms. The molecule has 0 aliphatic rings. The van der Waals surface area contributed by atoms with Gasteiger partial charge in [0.15, 0.2) is 0 Å². The van der Waals surface area contributed by atoms with E-state index in [-0.39, 0.29) is 12.4 Å². The highest BCUT2D eigenvalue weighted by Crippen LogP contribution is 2.31. The fourth-order valence-corrected chi connectivity index (χ4v) is 2.76. The normalized spacial score (nSPS) is 11.2. The van der Waals surface area contributed by atoms with Crippen LogP contribution in [0.25, 0.3) is 33.3 Å². The molecule has 4 aromatic heterocycles. The van der Waals surface area contributed by atoms with E-state index in [9.17, 15) is 9.90 Å². The maximum absolute atomic E-state index is 11.2. The van der Waals surface area contributed by atoms with Crippen molar-refractivity contribution < 1.29 is 9.90 Å². The van der Waals surface area contributed by atoms with Crippen molar-refractivity contribution in [2.75, 3.05) is 5.73 Å². The molecule has 0 amide bonds. The van der Waals surface area contributed by atoms with E-state index in [1.165, 1.54) is 6.33 Å². The van der Waals surface area contributed by atoms with Gasteiger partial charge in [0.05, 0.1) is 16.6 Å². The molecule has 8 heteroatoms. The molecule has 0 aliphatic carbocycles. The third kappa shape index (κ3) is 2.12. The summed E-state index contributed by atoms with van der Waals surface area (Å²) in [5.41, 5.74) is 9.24. The Bertz CT molecular complexity index is 1070. The highest BCUT2D eigenvalue weighted by atomic mass is 16.4. The second-order valence-electron chi connectivity index (χ2n) is 5.24. The number of aromatic nitrogens is 5. The van der Waals surface area contributed by atoms with Crippen LogP contribution in [-0.2, 0) is 11.3 Å². The molecule has 0 saturated heterocycles. The molecule has 3 N–H and O–H groups in total. The predicted molar refractivity (Wildman–Crippen MR) is 88.1 cm³/mol. The van der Waals surface area contributed by atoms with Gasteiger partial charge in [-0.3, -0.25) is 9.78 Å². The van der Waals surface area contributed by atoms with Gasteiger partial charge < -0.3 is 15.4 Å². The third-order valence-corrected chi connectivity index (χ3v) is 3.76. The van der Waals surface area contributed by atoms with Crippen molar-refractivity contribution >= 4 is 33.9 Å². The topological polar surface area (TPSA) is 120 Å². The molecule has 0 atom stereocenters. The summed E-state index contributed by atoms with van der Waals surface area (Å²) < 4.78 is 1.57. The number of carbonyl (C=O) groups is 1. The SMILES string of the molecule is Nc1ncnc2c1c1nc(-c3cccnc3)ccc1n2CC(=O)O. The minimum atomic E-state index is -0.970. The van der Waals surface area contributed by atoms with E-state index in [1.54, 1.807) is 17.0 Å². The first-order valence-corrected chi connectivity index (χ1v) is 7.17. The number of carboxylic acid groups (broad SMARTS) is 1. The fraction of sp³-hybridized carbons (Fsp3) is 0.0625. The lowest BCUT2D eigenvalue weighted by molar-refractivity contribution is -0.137. The second kappa shape index (κ2) is 5.27. The molecule has 8 nitrogen and oxygen atoms in total. The number of fused-ring (bicyclic) bond motifs is 3. The van der Waals surface area contributed by atoms with Crippen LogP contribution in [0.3, 0.4) is 0 Å². The fourth-order valence-electron chi connectivity index (χ4n) is 2.76. The highest BCUT2D eigenvalue weighted by molar-refractivity contribution is 6.10. The van der Waals surface area contributed by atoms with Crippen molar-refractivity contribution in [3.8, 4) is 11.3 Å². The first-order valence-electron chi connectivity index (χ1n) is 7.17.